The first-order chi connectivity index (χ1) is 9.52. The summed E-state index contributed by atoms with van der Waals surface area (Å²) in [6, 6.07) is 6.29. The third kappa shape index (κ3) is 3.08. The van der Waals surface area contributed by atoms with Gasteiger partial charge in [0.15, 0.2) is 11.6 Å². The fourth-order valence-electron chi connectivity index (χ4n) is 1.78. The lowest BCUT2D eigenvalue weighted by molar-refractivity contribution is 0.433. The van der Waals surface area contributed by atoms with E-state index in [-0.39, 0.29) is 16.8 Å². The first kappa shape index (κ1) is 14.8. The van der Waals surface area contributed by atoms with Crippen molar-refractivity contribution in [3.63, 3.8) is 0 Å². The molecule has 2 N–H and O–H groups in total. The summed E-state index contributed by atoms with van der Waals surface area (Å²) < 4.78 is 19.9. The van der Waals surface area contributed by atoms with Crippen LogP contribution in [0.4, 0.5) is 4.39 Å². The van der Waals surface area contributed by atoms with Crippen molar-refractivity contribution >= 4 is 11.6 Å². The molecule has 1 aromatic carbocycles. The molecule has 1 atom stereocenters. The van der Waals surface area contributed by atoms with Crippen molar-refractivity contribution in [3.8, 4) is 11.5 Å². The second-order valence-corrected chi connectivity index (χ2v) is 4.94. The zero-order chi connectivity index (χ0) is 14.7. The zero-order valence-electron chi connectivity index (χ0n) is 11.4. The van der Waals surface area contributed by atoms with Crippen molar-refractivity contribution in [1.82, 2.24) is 4.98 Å². The zero-order valence-corrected chi connectivity index (χ0v) is 12.1. The second-order valence-electron chi connectivity index (χ2n) is 4.53. The molecule has 0 saturated carbocycles. The van der Waals surface area contributed by atoms with Crippen molar-refractivity contribution in [3.05, 3.63) is 52.6 Å². The lowest BCUT2D eigenvalue weighted by Crippen LogP contribution is -2.11. The summed E-state index contributed by atoms with van der Waals surface area (Å²) in [6.07, 6.45) is 2.15. The normalized spacial score (nSPS) is 12.2. The number of hydrogen-bond donors (Lipinski definition) is 1. The van der Waals surface area contributed by atoms with Gasteiger partial charge in [-0.25, -0.2) is 4.39 Å². The van der Waals surface area contributed by atoms with E-state index in [4.69, 9.17) is 22.1 Å². The molecule has 0 radical (unpaired) electrons. The SMILES string of the molecule is CC[C@@H](N)c1ccc(Cl)c(Oc2ccc(C)nc2)c1F. The van der Waals surface area contributed by atoms with Crippen LogP contribution >= 0.6 is 11.6 Å². The van der Waals surface area contributed by atoms with Crippen LogP contribution in [0, 0.1) is 12.7 Å². The van der Waals surface area contributed by atoms with Crippen molar-refractivity contribution in [2.75, 3.05) is 0 Å². The molecule has 0 aliphatic rings. The Morgan fingerprint density at radius 3 is 2.70 bits per heavy atom. The Morgan fingerprint density at radius 1 is 1.35 bits per heavy atom. The van der Waals surface area contributed by atoms with Gasteiger partial charge in [-0.1, -0.05) is 24.6 Å². The fraction of sp³-hybridized carbons (Fsp3) is 0.267. The number of pyridine rings is 1. The van der Waals surface area contributed by atoms with Crippen LogP contribution in [0.3, 0.4) is 0 Å². The van der Waals surface area contributed by atoms with Gasteiger partial charge in [-0.2, -0.15) is 0 Å². The minimum atomic E-state index is -0.521. The molecule has 3 nitrogen and oxygen atoms in total. The van der Waals surface area contributed by atoms with Gasteiger partial charge in [-0.05, 0) is 31.5 Å². The Bertz CT molecular complexity index is 602. The monoisotopic (exact) mass is 294 g/mol. The van der Waals surface area contributed by atoms with Crippen molar-refractivity contribution < 1.29 is 9.13 Å². The van der Waals surface area contributed by atoms with Crippen LogP contribution in [-0.2, 0) is 0 Å². The van der Waals surface area contributed by atoms with E-state index in [1.54, 1.807) is 24.3 Å². The Morgan fingerprint density at radius 2 is 2.10 bits per heavy atom. The van der Waals surface area contributed by atoms with Gasteiger partial charge in [0.1, 0.15) is 5.75 Å². The summed E-state index contributed by atoms with van der Waals surface area (Å²) in [5.74, 6) is -0.107. The quantitative estimate of drug-likeness (QED) is 0.910. The molecule has 0 fully saturated rings. The lowest BCUT2D eigenvalue weighted by Gasteiger charge is -2.15. The third-order valence-corrected chi connectivity index (χ3v) is 3.32. The maximum absolute atomic E-state index is 14.4. The Labute approximate surface area is 122 Å². The number of halogens is 2. The summed E-state index contributed by atoms with van der Waals surface area (Å²) in [5.41, 5.74) is 7.12. The van der Waals surface area contributed by atoms with E-state index in [0.717, 1.165) is 5.69 Å². The van der Waals surface area contributed by atoms with Gasteiger partial charge >= 0.3 is 0 Å². The molecule has 20 heavy (non-hydrogen) atoms. The van der Waals surface area contributed by atoms with Crippen LogP contribution in [0.5, 0.6) is 11.5 Å². The molecule has 5 heteroatoms. The Kier molecular flexibility index (Phi) is 4.57. The van der Waals surface area contributed by atoms with E-state index in [2.05, 4.69) is 4.98 Å². The summed E-state index contributed by atoms with van der Waals surface area (Å²) in [6.45, 7) is 3.75. The predicted octanol–water partition coefficient (Wildman–Crippen LogP) is 4.38. The highest BCUT2D eigenvalue weighted by atomic mass is 35.5. The number of ether oxygens (including phenoxy) is 1. The Balaban J connectivity index is 2.37. The first-order valence-corrected chi connectivity index (χ1v) is 6.74. The maximum atomic E-state index is 14.4. The average Bonchev–Trinajstić information content (AvgIpc) is 2.45. The van der Waals surface area contributed by atoms with Crippen LogP contribution < -0.4 is 10.5 Å². The smallest absolute Gasteiger partial charge is 0.182 e. The third-order valence-electron chi connectivity index (χ3n) is 3.02. The molecular formula is C15H16ClFN2O. The van der Waals surface area contributed by atoms with E-state index in [9.17, 15) is 4.39 Å². The van der Waals surface area contributed by atoms with Crippen molar-refractivity contribution in [2.45, 2.75) is 26.3 Å². The average molecular weight is 295 g/mol. The van der Waals surface area contributed by atoms with E-state index in [1.807, 2.05) is 13.8 Å². The second kappa shape index (κ2) is 6.20. The van der Waals surface area contributed by atoms with Gasteiger partial charge in [0.25, 0.3) is 0 Å². The van der Waals surface area contributed by atoms with E-state index < -0.39 is 5.82 Å². The number of benzene rings is 1. The van der Waals surface area contributed by atoms with Crippen LogP contribution in [-0.4, -0.2) is 4.98 Å². The molecule has 1 aromatic heterocycles. The fourth-order valence-corrected chi connectivity index (χ4v) is 1.96. The maximum Gasteiger partial charge on any atom is 0.182 e. The molecule has 2 aromatic rings. The first-order valence-electron chi connectivity index (χ1n) is 6.37. The van der Waals surface area contributed by atoms with Crippen LogP contribution in [0.2, 0.25) is 5.02 Å². The highest BCUT2D eigenvalue weighted by Gasteiger charge is 2.18. The minimum absolute atomic E-state index is 0.0151. The Hall–Kier alpha value is -1.65. The highest BCUT2D eigenvalue weighted by molar-refractivity contribution is 6.32. The van der Waals surface area contributed by atoms with Gasteiger partial charge in [-0.15, -0.1) is 0 Å². The van der Waals surface area contributed by atoms with Gasteiger partial charge in [0.2, 0.25) is 0 Å². The number of aryl methyl sites for hydroxylation is 1. The minimum Gasteiger partial charge on any atom is -0.451 e. The summed E-state index contributed by atoms with van der Waals surface area (Å²) in [4.78, 5) is 4.09. The van der Waals surface area contributed by atoms with E-state index in [0.29, 0.717) is 17.7 Å². The van der Waals surface area contributed by atoms with Crippen LogP contribution in [0.25, 0.3) is 0 Å². The molecule has 0 bridgehead atoms. The number of nitrogens with zero attached hydrogens (tertiary/aromatic N) is 1. The highest BCUT2D eigenvalue weighted by Crippen LogP contribution is 2.35. The van der Waals surface area contributed by atoms with Crippen LogP contribution in [0.1, 0.15) is 30.6 Å². The summed E-state index contributed by atoms with van der Waals surface area (Å²) in [7, 11) is 0. The number of aromatic nitrogens is 1. The van der Waals surface area contributed by atoms with E-state index in [1.165, 1.54) is 6.20 Å². The topological polar surface area (TPSA) is 48.1 Å². The molecule has 0 saturated heterocycles. The molecule has 0 aliphatic heterocycles. The molecule has 0 amide bonds. The largest absolute Gasteiger partial charge is 0.451 e. The summed E-state index contributed by atoms with van der Waals surface area (Å²) in [5, 5.41) is 0.204. The van der Waals surface area contributed by atoms with Crippen molar-refractivity contribution in [1.29, 1.82) is 0 Å². The standard InChI is InChI=1S/C15H16ClFN2O/c1-3-13(18)11-6-7-12(16)15(14(11)17)20-10-5-4-9(2)19-8-10/h4-8,13H,3,18H2,1-2H3/t13-/m1/s1. The number of hydrogen-bond acceptors (Lipinski definition) is 3. The molecule has 0 unspecified atom stereocenters. The lowest BCUT2D eigenvalue weighted by atomic mass is 10.0. The molecule has 0 aliphatic carbocycles. The van der Waals surface area contributed by atoms with Gasteiger partial charge < -0.3 is 10.5 Å². The number of nitrogens with two attached hydrogens (primary N) is 1. The van der Waals surface area contributed by atoms with Gasteiger partial charge in [0, 0.05) is 17.3 Å². The molecule has 1 heterocycles. The molecular weight excluding hydrogens is 279 g/mol. The van der Waals surface area contributed by atoms with Crippen molar-refractivity contribution in [2.24, 2.45) is 5.73 Å². The predicted molar refractivity (Wildman–Crippen MR) is 77.7 cm³/mol. The molecule has 106 valence electrons. The summed E-state index contributed by atoms with van der Waals surface area (Å²) >= 11 is 6.00. The van der Waals surface area contributed by atoms with Gasteiger partial charge in [-0.3, -0.25) is 4.98 Å². The molecule has 2 rings (SSSR count). The van der Waals surface area contributed by atoms with Crippen LogP contribution in [0.15, 0.2) is 30.5 Å². The van der Waals surface area contributed by atoms with Gasteiger partial charge in [0.05, 0.1) is 11.2 Å². The van der Waals surface area contributed by atoms with E-state index >= 15 is 0 Å². The molecule has 0 spiro atoms. The number of rotatable bonds is 4.